The molecule has 13 nitrogen and oxygen atoms in total. The van der Waals surface area contributed by atoms with Crippen molar-refractivity contribution in [1.82, 2.24) is 19.6 Å². The number of nitrogens with one attached hydrogen (secondary N) is 1. The number of fused-ring (bicyclic) bond motifs is 2. The molecule has 0 bridgehead atoms. The zero-order valence-corrected chi connectivity index (χ0v) is 43.7. The molecule has 4 aliphatic rings. The number of aliphatic hydroxyl groups excluding tert-OH is 1. The number of esters is 1. The third-order valence-electron chi connectivity index (χ3n) is 15.4. The van der Waals surface area contributed by atoms with Crippen LogP contribution in [0.2, 0.25) is 0 Å². The topological polar surface area (TPSA) is 133 Å². The number of urea groups is 1. The molecule has 0 aliphatic carbocycles. The first-order valence-electron chi connectivity index (χ1n) is 26.7. The maximum absolute atomic E-state index is 13.8. The third kappa shape index (κ3) is 12.5. The number of methoxy groups -OCH3 is 2. The number of benzene rings is 6. The second kappa shape index (κ2) is 24.8. The summed E-state index contributed by atoms with van der Waals surface area (Å²) in [4.78, 5) is 49.5. The van der Waals surface area contributed by atoms with Gasteiger partial charge < -0.3 is 39.2 Å². The lowest BCUT2D eigenvalue weighted by Gasteiger charge is -2.57. The lowest BCUT2D eigenvalue weighted by molar-refractivity contribution is -0.142. The average Bonchev–Trinajstić information content (AvgIpc) is 3.45. The first-order valence-corrected chi connectivity index (χ1v) is 26.7. The van der Waals surface area contributed by atoms with Gasteiger partial charge in [-0.15, -0.1) is 0 Å². The lowest BCUT2D eigenvalue weighted by atomic mass is 9.74. The van der Waals surface area contributed by atoms with Crippen LogP contribution in [-0.2, 0) is 9.53 Å². The van der Waals surface area contributed by atoms with Crippen molar-refractivity contribution < 1.29 is 38.4 Å². The Morgan fingerprint density at radius 3 is 1.69 bits per heavy atom. The van der Waals surface area contributed by atoms with Gasteiger partial charge in [-0.05, 0) is 153 Å². The van der Waals surface area contributed by atoms with E-state index in [9.17, 15) is 19.5 Å². The van der Waals surface area contributed by atoms with E-state index < -0.39 is 5.97 Å². The highest BCUT2D eigenvalue weighted by atomic mass is 16.6. The molecule has 6 aromatic rings. The molecular weight excluding hydrogens is 967 g/mol. The summed E-state index contributed by atoms with van der Waals surface area (Å²) in [5.74, 6) is 14.4. The predicted molar refractivity (Wildman–Crippen MR) is 296 cm³/mol. The second-order valence-electron chi connectivity index (χ2n) is 20.1. The van der Waals surface area contributed by atoms with Crippen LogP contribution in [0.15, 0.2) is 152 Å². The van der Waals surface area contributed by atoms with Gasteiger partial charge >= 0.3 is 12.0 Å². The van der Waals surface area contributed by atoms with Crippen LogP contribution in [0.5, 0.6) is 17.2 Å². The van der Waals surface area contributed by atoms with Gasteiger partial charge in [-0.2, -0.15) is 0 Å². The zero-order chi connectivity index (χ0) is 53.1. The van der Waals surface area contributed by atoms with Crippen LogP contribution in [0.3, 0.4) is 0 Å². The molecule has 6 unspecified atom stereocenters. The Kier molecular flexibility index (Phi) is 16.9. The highest BCUT2D eigenvalue weighted by Gasteiger charge is 2.51. The molecule has 394 valence electrons. The number of hydrogen-bond acceptors (Lipinski definition) is 10. The molecule has 2 N–H and O–H groups in total. The monoisotopic (exact) mass is 1030 g/mol. The van der Waals surface area contributed by atoms with Gasteiger partial charge in [-0.25, -0.2) is 9.59 Å². The van der Waals surface area contributed by atoms with E-state index in [1.54, 1.807) is 26.4 Å². The van der Waals surface area contributed by atoms with Gasteiger partial charge in [0, 0.05) is 95.7 Å². The van der Waals surface area contributed by atoms with Gasteiger partial charge in [0.25, 0.3) is 5.91 Å². The summed E-state index contributed by atoms with van der Waals surface area (Å²) >= 11 is 0. The van der Waals surface area contributed by atoms with Crippen molar-refractivity contribution in [3.63, 3.8) is 0 Å². The first-order chi connectivity index (χ1) is 37.7. The maximum atomic E-state index is 13.8. The van der Waals surface area contributed by atoms with Crippen molar-refractivity contribution in [1.29, 1.82) is 0 Å². The Morgan fingerprint density at radius 1 is 0.558 bits per heavy atom. The molecule has 6 aromatic carbocycles. The Hall–Kier alpha value is -7.91. The van der Waals surface area contributed by atoms with E-state index in [1.807, 2.05) is 125 Å². The third-order valence-corrected chi connectivity index (χ3v) is 15.4. The molecule has 77 heavy (non-hydrogen) atoms. The average molecular weight is 1030 g/mol. The molecule has 0 radical (unpaired) electrons. The summed E-state index contributed by atoms with van der Waals surface area (Å²) in [6.45, 7) is 4.30. The first kappa shape index (κ1) is 52.5. The fraction of sp³-hybridized carbons (Fsp3) is 0.328. The summed E-state index contributed by atoms with van der Waals surface area (Å²) in [5, 5.41) is 13.6. The van der Waals surface area contributed by atoms with Gasteiger partial charge in [-0.3, -0.25) is 14.6 Å². The van der Waals surface area contributed by atoms with Gasteiger partial charge in [0.15, 0.2) is 0 Å². The van der Waals surface area contributed by atoms with Crippen LogP contribution >= 0.6 is 0 Å². The van der Waals surface area contributed by atoms with E-state index in [0.29, 0.717) is 61.1 Å². The minimum atomic E-state index is -0.512. The fourth-order valence-corrected chi connectivity index (χ4v) is 11.5. The summed E-state index contributed by atoms with van der Waals surface area (Å²) in [6.07, 6.45) is 3.63. The number of anilines is 1. The smallest absolute Gasteiger partial charge is 0.337 e. The molecule has 4 heterocycles. The van der Waals surface area contributed by atoms with Crippen molar-refractivity contribution in [2.45, 2.75) is 61.7 Å². The molecule has 13 heteroatoms. The van der Waals surface area contributed by atoms with E-state index in [-0.39, 0.29) is 61.2 Å². The molecular formula is C64H65N5O8. The zero-order valence-electron chi connectivity index (χ0n) is 43.7. The number of amides is 3. The number of hydrogen-bond donors (Lipinski definition) is 2. The minimum absolute atomic E-state index is 0.00628. The minimum Gasteiger partial charge on any atom is -0.497 e. The second-order valence-corrected chi connectivity index (χ2v) is 20.1. The highest BCUT2D eigenvalue weighted by Crippen LogP contribution is 2.44. The summed E-state index contributed by atoms with van der Waals surface area (Å²) in [7, 11) is 3.23. The molecule has 0 aromatic heterocycles. The molecule has 4 fully saturated rings. The largest absolute Gasteiger partial charge is 0.497 e. The molecule has 0 spiro atoms. The predicted octanol–water partition coefficient (Wildman–Crippen LogP) is 8.65. The number of aliphatic hydroxyl groups is 1. The SMILES string of the molecule is COc1ccc(NC(=O)N2CCCCN3C(COCC(=O)Oc4cccc(C#Cc5ccc(C6C(CO)N7CCCCN(C(=O)c8ccc(OC)cc8)CC67)cc5)c4)C(c4ccc(C#Cc5ccccc5)cc4)C3C2)cc1. The van der Waals surface area contributed by atoms with Crippen LogP contribution in [0.25, 0.3) is 0 Å². The van der Waals surface area contributed by atoms with Crippen LogP contribution in [0.4, 0.5) is 10.5 Å². The van der Waals surface area contributed by atoms with E-state index in [4.69, 9.17) is 18.9 Å². The Morgan fingerprint density at radius 2 is 1.08 bits per heavy atom. The van der Waals surface area contributed by atoms with E-state index in [0.717, 1.165) is 72.3 Å². The van der Waals surface area contributed by atoms with Crippen molar-refractivity contribution in [2.75, 3.05) is 78.6 Å². The summed E-state index contributed by atoms with van der Waals surface area (Å²) in [5.41, 5.74) is 6.94. The van der Waals surface area contributed by atoms with Crippen LogP contribution in [0, 0.1) is 23.7 Å². The van der Waals surface area contributed by atoms with Crippen molar-refractivity contribution in [2.24, 2.45) is 0 Å². The number of carbonyl (C=O) groups excluding carboxylic acids is 3. The number of ether oxygens (including phenoxy) is 4. The summed E-state index contributed by atoms with van der Waals surface area (Å²) < 4.78 is 22.6. The maximum Gasteiger partial charge on any atom is 0.337 e. The van der Waals surface area contributed by atoms with Crippen LogP contribution in [0.1, 0.15) is 81.3 Å². The molecule has 10 rings (SSSR count). The Bertz CT molecular complexity index is 3110. The van der Waals surface area contributed by atoms with E-state index in [1.165, 1.54) is 0 Å². The number of carbonyl (C=O) groups is 3. The van der Waals surface area contributed by atoms with E-state index >= 15 is 0 Å². The number of rotatable bonds is 12. The quantitative estimate of drug-likeness (QED) is 0.0698. The molecule has 0 saturated carbocycles. The fourth-order valence-electron chi connectivity index (χ4n) is 11.5. The van der Waals surface area contributed by atoms with Crippen LogP contribution in [-0.4, -0.2) is 140 Å². The molecule has 4 aliphatic heterocycles. The highest BCUT2D eigenvalue weighted by molar-refractivity contribution is 5.94. The van der Waals surface area contributed by atoms with E-state index in [2.05, 4.69) is 63.1 Å². The molecule has 3 amide bonds. The standard InChI is InChI=1S/C64H65N5O8/c1-74-53-31-27-51(28-32-53)63(72)66-35-6-8-37-68-56(40-66)61(58(68)42-70)49-23-19-47(20-24-49)17-18-48-13-10-14-55(39-48)77-60(71)44-76-43-59-62(50-25-21-46(22-26-50)16-15-45-11-4-3-5-12-45)57-41-67(36-7-9-38-69(57)59)64(73)65-52-29-33-54(75-2)34-30-52/h3-5,10-14,19-34,39,56-59,61-62,70H,6-9,35-38,40-44H2,1-2H3,(H,65,73). The van der Waals surface area contributed by atoms with Crippen molar-refractivity contribution in [3.05, 3.63) is 191 Å². The van der Waals surface area contributed by atoms with Crippen LogP contribution < -0.4 is 19.5 Å². The number of nitrogens with zero attached hydrogens (tertiary/aromatic N) is 4. The van der Waals surface area contributed by atoms with Crippen molar-refractivity contribution in [3.8, 4) is 40.9 Å². The van der Waals surface area contributed by atoms with Gasteiger partial charge in [0.1, 0.15) is 23.9 Å². The normalized spacial score (nSPS) is 21.2. The van der Waals surface area contributed by atoms with Gasteiger partial charge in [0.05, 0.1) is 27.4 Å². The Labute approximate surface area is 451 Å². The van der Waals surface area contributed by atoms with Gasteiger partial charge in [0.2, 0.25) is 0 Å². The lowest BCUT2D eigenvalue weighted by Crippen LogP contribution is -2.68. The molecule has 6 atom stereocenters. The van der Waals surface area contributed by atoms with Crippen molar-refractivity contribution >= 4 is 23.6 Å². The molecule has 4 saturated heterocycles. The Balaban J connectivity index is 0.764. The van der Waals surface area contributed by atoms with Gasteiger partial charge in [-0.1, -0.05) is 72.2 Å². The summed E-state index contributed by atoms with van der Waals surface area (Å²) in [6, 6.07) is 48.1.